The Morgan fingerprint density at radius 1 is 1.00 bits per heavy atom. The van der Waals surface area contributed by atoms with Crippen molar-refractivity contribution in [1.82, 2.24) is 10.0 Å². The highest BCUT2D eigenvalue weighted by molar-refractivity contribution is 7.89. The van der Waals surface area contributed by atoms with Crippen LogP contribution in [-0.2, 0) is 21.4 Å². The van der Waals surface area contributed by atoms with E-state index in [2.05, 4.69) is 10.0 Å². The fourth-order valence-corrected chi connectivity index (χ4v) is 4.47. The van der Waals surface area contributed by atoms with Crippen LogP contribution in [0.5, 0.6) is 0 Å². The van der Waals surface area contributed by atoms with E-state index in [1.807, 2.05) is 0 Å². The van der Waals surface area contributed by atoms with E-state index < -0.39 is 22.0 Å². The van der Waals surface area contributed by atoms with E-state index >= 15 is 0 Å². The molecule has 0 aliphatic rings. The minimum Gasteiger partial charge on any atom is -0.351 e. The molecule has 0 fully saturated rings. The first-order chi connectivity index (χ1) is 12.1. The molecule has 1 amide bonds. The highest BCUT2D eigenvalue weighted by Gasteiger charge is 2.24. The van der Waals surface area contributed by atoms with Gasteiger partial charge in [0.1, 0.15) is 4.90 Å². The molecular formula is C16H14Cl4N2O3S. The highest BCUT2D eigenvalue weighted by Crippen LogP contribution is 2.25. The van der Waals surface area contributed by atoms with Crippen molar-refractivity contribution in [2.75, 3.05) is 0 Å². The van der Waals surface area contributed by atoms with Crippen molar-refractivity contribution in [3.63, 3.8) is 0 Å². The molecule has 26 heavy (non-hydrogen) atoms. The van der Waals surface area contributed by atoms with Gasteiger partial charge in [-0.1, -0.05) is 52.5 Å². The summed E-state index contributed by atoms with van der Waals surface area (Å²) in [6.07, 6.45) is 0. The van der Waals surface area contributed by atoms with Crippen LogP contribution < -0.4 is 10.0 Å². The number of nitrogens with one attached hydrogen (secondary N) is 2. The van der Waals surface area contributed by atoms with Crippen molar-refractivity contribution >= 4 is 62.3 Å². The largest absolute Gasteiger partial charge is 0.351 e. The minimum absolute atomic E-state index is 0.00227. The number of carbonyl (C=O) groups excluding carboxylic acids is 1. The zero-order valence-corrected chi connectivity index (χ0v) is 17.2. The van der Waals surface area contributed by atoms with Gasteiger partial charge in [-0.05, 0) is 42.8 Å². The SMILES string of the molecule is C[C@@H](NS(=O)(=O)c1cc(Cl)ccc1Cl)C(=O)NCc1ccc(Cl)cc1Cl. The quantitative estimate of drug-likeness (QED) is 0.682. The lowest BCUT2D eigenvalue weighted by Gasteiger charge is -2.15. The normalized spacial score (nSPS) is 12.7. The maximum absolute atomic E-state index is 12.4. The number of halogens is 4. The Kier molecular flexibility index (Phi) is 7.19. The van der Waals surface area contributed by atoms with Crippen LogP contribution in [0.3, 0.4) is 0 Å². The van der Waals surface area contributed by atoms with Gasteiger partial charge in [-0.25, -0.2) is 8.42 Å². The Morgan fingerprint density at radius 3 is 2.27 bits per heavy atom. The van der Waals surface area contributed by atoms with Crippen molar-refractivity contribution in [2.45, 2.75) is 24.4 Å². The Balaban J connectivity index is 2.05. The van der Waals surface area contributed by atoms with Crippen molar-refractivity contribution < 1.29 is 13.2 Å². The lowest BCUT2D eigenvalue weighted by Crippen LogP contribution is -2.44. The number of hydrogen-bond donors (Lipinski definition) is 2. The summed E-state index contributed by atoms with van der Waals surface area (Å²) in [7, 11) is -4.03. The predicted molar refractivity (Wildman–Crippen MR) is 105 cm³/mol. The van der Waals surface area contributed by atoms with E-state index in [1.54, 1.807) is 18.2 Å². The molecule has 0 spiro atoms. The molecule has 0 aliphatic carbocycles. The third-order valence-electron chi connectivity index (χ3n) is 3.38. The Morgan fingerprint density at radius 2 is 1.62 bits per heavy atom. The van der Waals surface area contributed by atoms with Crippen molar-refractivity contribution in [2.24, 2.45) is 0 Å². The van der Waals surface area contributed by atoms with Crippen LogP contribution in [0.2, 0.25) is 20.1 Å². The lowest BCUT2D eigenvalue weighted by molar-refractivity contribution is -0.122. The molecule has 0 bridgehead atoms. The van der Waals surface area contributed by atoms with E-state index in [4.69, 9.17) is 46.4 Å². The van der Waals surface area contributed by atoms with Crippen LogP contribution in [0.4, 0.5) is 0 Å². The summed E-state index contributed by atoms with van der Waals surface area (Å²) in [6, 6.07) is 7.87. The molecular weight excluding hydrogens is 442 g/mol. The first-order valence-corrected chi connectivity index (χ1v) is 10.3. The average Bonchev–Trinajstić information content (AvgIpc) is 2.55. The van der Waals surface area contributed by atoms with Crippen molar-refractivity contribution in [3.8, 4) is 0 Å². The summed E-state index contributed by atoms with van der Waals surface area (Å²) in [4.78, 5) is 12.0. The van der Waals surface area contributed by atoms with E-state index in [9.17, 15) is 13.2 Å². The minimum atomic E-state index is -4.03. The molecule has 2 aromatic rings. The molecule has 1 atom stereocenters. The maximum atomic E-state index is 12.4. The van der Waals surface area contributed by atoms with Crippen LogP contribution in [0.15, 0.2) is 41.3 Å². The zero-order chi connectivity index (χ0) is 19.5. The fraction of sp³-hybridized carbons (Fsp3) is 0.188. The van der Waals surface area contributed by atoms with Gasteiger partial charge in [-0.3, -0.25) is 4.79 Å². The van der Waals surface area contributed by atoms with Gasteiger partial charge >= 0.3 is 0 Å². The summed E-state index contributed by atoms with van der Waals surface area (Å²) in [5.41, 5.74) is 0.650. The van der Waals surface area contributed by atoms with Gasteiger partial charge in [0.2, 0.25) is 15.9 Å². The monoisotopic (exact) mass is 454 g/mol. The lowest BCUT2D eigenvalue weighted by atomic mass is 10.2. The zero-order valence-electron chi connectivity index (χ0n) is 13.4. The molecule has 0 saturated carbocycles. The molecule has 0 aromatic heterocycles. The summed E-state index contributed by atoms with van der Waals surface area (Å²) < 4.78 is 27.1. The van der Waals surface area contributed by atoms with Crippen LogP contribution in [0.25, 0.3) is 0 Å². The Bertz CT molecular complexity index is 935. The van der Waals surface area contributed by atoms with Gasteiger partial charge in [-0.15, -0.1) is 0 Å². The number of amides is 1. The molecule has 140 valence electrons. The smallest absolute Gasteiger partial charge is 0.242 e. The van der Waals surface area contributed by atoms with E-state index in [0.717, 1.165) is 0 Å². The van der Waals surface area contributed by atoms with E-state index in [-0.39, 0.29) is 21.5 Å². The van der Waals surface area contributed by atoms with Crippen LogP contribution in [0.1, 0.15) is 12.5 Å². The third kappa shape index (κ3) is 5.49. The molecule has 0 heterocycles. The molecule has 0 unspecified atom stereocenters. The van der Waals surface area contributed by atoms with Crippen molar-refractivity contribution in [3.05, 3.63) is 62.1 Å². The molecule has 0 radical (unpaired) electrons. The topological polar surface area (TPSA) is 75.3 Å². The predicted octanol–water partition coefficient (Wildman–Crippen LogP) is 4.28. The average molecular weight is 456 g/mol. The van der Waals surface area contributed by atoms with Gasteiger partial charge in [0, 0.05) is 21.6 Å². The third-order valence-corrected chi connectivity index (χ3v) is 6.22. The Hall–Kier alpha value is -1.02. The number of hydrogen-bond acceptors (Lipinski definition) is 3. The molecule has 0 saturated heterocycles. The number of sulfonamides is 1. The second kappa shape index (κ2) is 8.78. The second-order valence-electron chi connectivity index (χ2n) is 5.37. The molecule has 10 heteroatoms. The maximum Gasteiger partial charge on any atom is 0.242 e. The van der Waals surface area contributed by atoms with Gasteiger partial charge in [0.15, 0.2) is 0 Å². The van der Waals surface area contributed by atoms with E-state index in [1.165, 1.54) is 25.1 Å². The van der Waals surface area contributed by atoms with Gasteiger partial charge in [0.05, 0.1) is 11.1 Å². The molecule has 2 aromatic carbocycles. The number of rotatable bonds is 6. The Labute approximate surface area is 171 Å². The first-order valence-electron chi connectivity index (χ1n) is 7.29. The molecule has 2 N–H and O–H groups in total. The van der Waals surface area contributed by atoms with Gasteiger partial charge in [0.25, 0.3) is 0 Å². The number of carbonyl (C=O) groups is 1. The molecule has 2 rings (SSSR count). The number of benzene rings is 2. The fourth-order valence-electron chi connectivity index (χ4n) is 2.03. The van der Waals surface area contributed by atoms with Crippen LogP contribution in [-0.4, -0.2) is 20.4 Å². The van der Waals surface area contributed by atoms with Crippen molar-refractivity contribution in [1.29, 1.82) is 0 Å². The van der Waals surface area contributed by atoms with Gasteiger partial charge < -0.3 is 5.32 Å². The van der Waals surface area contributed by atoms with Crippen LogP contribution in [0, 0.1) is 0 Å². The van der Waals surface area contributed by atoms with Crippen LogP contribution >= 0.6 is 46.4 Å². The summed E-state index contributed by atoms with van der Waals surface area (Å²) in [5, 5.41) is 3.70. The standard InChI is InChI=1S/C16H14Cl4N2O3S/c1-9(16(23)21-8-10-2-3-11(17)6-14(10)20)22-26(24,25)15-7-12(18)4-5-13(15)19/h2-7,9,22H,8H2,1H3,(H,21,23)/t9-/m1/s1. The summed E-state index contributed by atoms with van der Waals surface area (Å²) in [5.74, 6) is -0.530. The molecule has 5 nitrogen and oxygen atoms in total. The van der Waals surface area contributed by atoms with E-state index in [0.29, 0.717) is 15.6 Å². The second-order valence-corrected chi connectivity index (χ2v) is 8.74. The highest BCUT2D eigenvalue weighted by atomic mass is 35.5. The molecule has 0 aliphatic heterocycles. The summed E-state index contributed by atoms with van der Waals surface area (Å²) >= 11 is 23.6. The van der Waals surface area contributed by atoms with Gasteiger partial charge in [-0.2, -0.15) is 4.72 Å². The summed E-state index contributed by atoms with van der Waals surface area (Å²) in [6.45, 7) is 1.54. The first kappa shape index (κ1) is 21.3.